The molecule has 1 aromatic carbocycles. The summed E-state index contributed by atoms with van der Waals surface area (Å²) in [6.07, 6.45) is 4.54. The van der Waals surface area contributed by atoms with Gasteiger partial charge in [0.05, 0.1) is 18.8 Å². The number of ether oxygens (including phenoxy) is 1. The number of aromatic nitrogens is 6. The van der Waals surface area contributed by atoms with Crippen LogP contribution >= 0.6 is 0 Å². The number of hydrogen-bond donors (Lipinski definition) is 0. The third-order valence-electron chi connectivity index (χ3n) is 5.03. The summed E-state index contributed by atoms with van der Waals surface area (Å²) in [6.45, 7) is 1.38. The molecule has 0 amide bonds. The minimum atomic E-state index is 0.162. The summed E-state index contributed by atoms with van der Waals surface area (Å²) in [4.78, 5) is 13.9. The zero-order chi connectivity index (χ0) is 18.9. The molecular weight excluding hydrogens is 352 g/mol. The third kappa shape index (κ3) is 2.90. The van der Waals surface area contributed by atoms with Gasteiger partial charge in [-0.3, -0.25) is 4.98 Å². The Kier molecular flexibility index (Phi) is 4.21. The standard InChI is InChI=1S/C21H20N6O/c1-26-18(13-23-20(26)15-7-3-2-4-8-15)21-24-19(17-9-5-6-11-22-17)25-27(21)16-10-12-28-14-16/h2-9,11,13,16H,10,12,14H2,1H3. The van der Waals surface area contributed by atoms with Gasteiger partial charge in [0, 0.05) is 25.4 Å². The zero-order valence-corrected chi connectivity index (χ0v) is 15.6. The van der Waals surface area contributed by atoms with Crippen LogP contribution in [0, 0.1) is 0 Å². The van der Waals surface area contributed by atoms with E-state index in [1.165, 1.54) is 0 Å². The Hall–Kier alpha value is -3.32. The number of pyridine rings is 1. The van der Waals surface area contributed by atoms with Crippen molar-refractivity contribution >= 4 is 0 Å². The van der Waals surface area contributed by atoms with Gasteiger partial charge in [-0.25, -0.2) is 14.6 Å². The van der Waals surface area contributed by atoms with Gasteiger partial charge in [0.1, 0.15) is 17.2 Å². The molecule has 1 aliphatic heterocycles. The van der Waals surface area contributed by atoms with E-state index in [1.807, 2.05) is 54.3 Å². The van der Waals surface area contributed by atoms with Gasteiger partial charge >= 0.3 is 0 Å². The summed E-state index contributed by atoms with van der Waals surface area (Å²) in [6, 6.07) is 16.1. The first-order valence-electron chi connectivity index (χ1n) is 9.34. The van der Waals surface area contributed by atoms with Crippen LogP contribution in [0.1, 0.15) is 12.5 Å². The Bertz CT molecular complexity index is 1080. The smallest absolute Gasteiger partial charge is 0.200 e. The van der Waals surface area contributed by atoms with Crippen LogP contribution in [0.4, 0.5) is 0 Å². The molecule has 28 heavy (non-hydrogen) atoms. The molecule has 0 N–H and O–H groups in total. The van der Waals surface area contributed by atoms with Gasteiger partial charge in [0.25, 0.3) is 0 Å². The Morgan fingerprint density at radius 2 is 1.86 bits per heavy atom. The van der Waals surface area contributed by atoms with Crippen molar-refractivity contribution in [2.45, 2.75) is 12.5 Å². The van der Waals surface area contributed by atoms with Gasteiger partial charge in [0.15, 0.2) is 11.6 Å². The molecule has 1 aliphatic rings. The molecule has 5 rings (SSSR count). The van der Waals surface area contributed by atoms with Crippen LogP contribution in [0.3, 0.4) is 0 Å². The van der Waals surface area contributed by atoms with Crippen molar-refractivity contribution in [2.75, 3.05) is 13.2 Å². The second-order valence-corrected chi connectivity index (χ2v) is 6.83. The van der Waals surface area contributed by atoms with Crippen molar-refractivity contribution in [1.82, 2.24) is 29.3 Å². The van der Waals surface area contributed by atoms with Crippen LogP contribution in [-0.4, -0.2) is 42.5 Å². The Balaban J connectivity index is 1.63. The highest BCUT2D eigenvalue weighted by molar-refractivity contribution is 5.63. The molecule has 7 heteroatoms. The molecule has 0 saturated carbocycles. The van der Waals surface area contributed by atoms with E-state index >= 15 is 0 Å². The van der Waals surface area contributed by atoms with E-state index in [9.17, 15) is 0 Å². The molecule has 1 fully saturated rings. The molecular formula is C21H20N6O. The van der Waals surface area contributed by atoms with E-state index in [4.69, 9.17) is 14.8 Å². The Labute approximate surface area is 162 Å². The highest BCUT2D eigenvalue weighted by Crippen LogP contribution is 2.30. The first-order valence-corrected chi connectivity index (χ1v) is 9.34. The topological polar surface area (TPSA) is 70.7 Å². The molecule has 7 nitrogen and oxygen atoms in total. The van der Waals surface area contributed by atoms with Crippen molar-refractivity contribution in [3.8, 4) is 34.4 Å². The summed E-state index contributed by atoms with van der Waals surface area (Å²) in [7, 11) is 2.01. The van der Waals surface area contributed by atoms with E-state index in [0.717, 1.165) is 41.6 Å². The largest absolute Gasteiger partial charge is 0.379 e. The quantitative estimate of drug-likeness (QED) is 0.549. The number of imidazole rings is 1. The normalized spacial score (nSPS) is 16.5. The van der Waals surface area contributed by atoms with E-state index in [1.54, 1.807) is 6.20 Å². The van der Waals surface area contributed by atoms with Crippen LogP contribution in [0.5, 0.6) is 0 Å². The third-order valence-corrected chi connectivity index (χ3v) is 5.03. The lowest BCUT2D eigenvalue weighted by molar-refractivity contribution is 0.185. The molecule has 1 unspecified atom stereocenters. The lowest BCUT2D eigenvalue weighted by Gasteiger charge is -2.12. The van der Waals surface area contributed by atoms with Gasteiger partial charge < -0.3 is 9.30 Å². The SMILES string of the molecule is Cn1c(-c2nc(-c3ccccn3)nn2C2CCOC2)cnc1-c1ccccc1. The van der Waals surface area contributed by atoms with Crippen LogP contribution in [0.25, 0.3) is 34.4 Å². The predicted octanol–water partition coefficient (Wildman–Crippen LogP) is 3.37. The first kappa shape index (κ1) is 16.8. The summed E-state index contributed by atoms with van der Waals surface area (Å²) >= 11 is 0. The van der Waals surface area contributed by atoms with Crippen LogP contribution in [0.15, 0.2) is 60.9 Å². The molecule has 0 radical (unpaired) electrons. The lowest BCUT2D eigenvalue weighted by Crippen LogP contribution is -2.13. The van der Waals surface area contributed by atoms with Gasteiger partial charge in [-0.05, 0) is 18.6 Å². The fourth-order valence-electron chi connectivity index (χ4n) is 3.54. The first-order chi connectivity index (χ1) is 13.8. The monoisotopic (exact) mass is 372 g/mol. The molecule has 0 bridgehead atoms. The molecule has 1 saturated heterocycles. The molecule has 0 aliphatic carbocycles. The molecule has 0 spiro atoms. The molecule has 4 aromatic rings. The number of hydrogen-bond acceptors (Lipinski definition) is 5. The number of rotatable bonds is 4. The number of nitrogens with zero attached hydrogens (tertiary/aromatic N) is 6. The van der Waals surface area contributed by atoms with Gasteiger partial charge in [-0.1, -0.05) is 36.4 Å². The van der Waals surface area contributed by atoms with Crippen molar-refractivity contribution in [2.24, 2.45) is 7.05 Å². The highest BCUT2D eigenvalue weighted by atomic mass is 16.5. The van der Waals surface area contributed by atoms with Crippen molar-refractivity contribution in [1.29, 1.82) is 0 Å². The predicted molar refractivity (Wildman–Crippen MR) is 105 cm³/mol. The zero-order valence-electron chi connectivity index (χ0n) is 15.6. The summed E-state index contributed by atoms with van der Waals surface area (Å²) in [5.41, 5.74) is 2.74. The van der Waals surface area contributed by atoms with E-state index < -0.39 is 0 Å². The van der Waals surface area contributed by atoms with Gasteiger partial charge in [-0.15, -0.1) is 5.10 Å². The maximum atomic E-state index is 5.60. The Morgan fingerprint density at radius 1 is 1.00 bits per heavy atom. The lowest BCUT2D eigenvalue weighted by atomic mass is 10.2. The van der Waals surface area contributed by atoms with Gasteiger partial charge in [0.2, 0.25) is 0 Å². The average molecular weight is 372 g/mol. The second-order valence-electron chi connectivity index (χ2n) is 6.83. The number of benzene rings is 1. The Morgan fingerprint density at radius 3 is 2.61 bits per heavy atom. The fourth-order valence-corrected chi connectivity index (χ4v) is 3.54. The van der Waals surface area contributed by atoms with E-state index in [-0.39, 0.29) is 6.04 Å². The summed E-state index contributed by atoms with van der Waals surface area (Å²) < 4.78 is 9.63. The van der Waals surface area contributed by atoms with Gasteiger partial charge in [-0.2, -0.15) is 0 Å². The molecule has 4 heterocycles. The molecule has 3 aromatic heterocycles. The average Bonchev–Trinajstić information content (AvgIpc) is 3.48. The van der Waals surface area contributed by atoms with E-state index in [2.05, 4.69) is 26.7 Å². The van der Waals surface area contributed by atoms with Crippen LogP contribution in [-0.2, 0) is 11.8 Å². The van der Waals surface area contributed by atoms with Crippen molar-refractivity contribution in [3.05, 3.63) is 60.9 Å². The summed E-state index contributed by atoms with van der Waals surface area (Å²) in [5.74, 6) is 2.30. The molecule has 140 valence electrons. The highest BCUT2D eigenvalue weighted by Gasteiger charge is 2.26. The van der Waals surface area contributed by atoms with Crippen LogP contribution < -0.4 is 0 Å². The van der Waals surface area contributed by atoms with Crippen LogP contribution in [0.2, 0.25) is 0 Å². The minimum Gasteiger partial charge on any atom is -0.379 e. The minimum absolute atomic E-state index is 0.162. The maximum Gasteiger partial charge on any atom is 0.200 e. The second kappa shape index (κ2) is 7.01. The maximum absolute atomic E-state index is 5.60. The van der Waals surface area contributed by atoms with Crippen molar-refractivity contribution in [3.63, 3.8) is 0 Å². The molecule has 1 atom stereocenters. The van der Waals surface area contributed by atoms with E-state index in [0.29, 0.717) is 12.4 Å². The fraction of sp³-hybridized carbons (Fsp3) is 0.238. The van der Waals surface area contributed by atoms with Crippen molar-refractivity contribution < 1.29 is 4.74 Å². The summed E-state index contributed by atoms with van der Waals surface area (Å²) in [5, 5.41) is 4.78.